The van der Waals surface area contributed by atoms with E-state index in [2.05, 4.69) is 18.7 Å². The monoisotopic (exact) mass is 265 g/mol. The Morgan fingerprint density at radius 2 is 1.84 bits per heavy atom. The Balaban J connectivity index is 1.94. The van der Waals surface area contributed by atoms with Crippen molar-refractivity contribution in [2.45, 2.75) is 45.2 Å². The molecule has 2 unspecified atom stereocenters. The highest BCUT2D eigenvalue weighted by atomic mass is 19.2. The van der Waals surface area contributed by atoms with Crippen LogP contribution in [0.2, 0.25) is 0 Å². The van der Waals surface area contributed by atoms with Crippen LogP contribution in [-0.4, -0.2) is 17.5 Å². The van der Waals surface area contributed by atoms with Gasteiger partial charge in [-0.25, -0.2) is 8.78 Å². The third-order valence-electron chi connectivity index (χ3n) is 4.64. The Morgan fingerprint density at radius 1 is 1.11 bits per heavy atom. The van der Waals surface area contributed by atoms with Crippen LogP contribution in [0.3, 0.4) is 0 Å². The van der Waals surface area contributed by atoms with E-state index in [4.69, 9.17) is 0 Å². The molecule has 1 aromatic carbocycles. The minimum absolute atomic E-state index is 0.266. The van der Waals surface area contributed by atoms with Gasteiger partial charge in [-0.1, -0.05) is 19.9 Å². The molecule has 19 heavy (non-hydrogen) atoms. The molecular weight excluding hydrogens is 244 g/mol. The van der Waals surface area contributed by atoms with E-state index in [0.717, 1.165) is 18.5 Å². The molecule has 1 aromatic rings. The summed E-state index contributed by atoms with van der Waals surface area (Å²) < 4.78 is 26.6. The molecule has 0 bridgehead atoms. The topological polar surface area (TPSA) is 3.24 Å². The van der Waals surface area contributed by atoms with Crippen LogP contribution in [0.5, 0.6) is 0 Å². The summed E-state index contributed by atoms with van der Waals surface area (Å²) in [6.07, 6.45) is 3.67. The first-order valence-electron chi connectivity index (χ1n) is 7.28. The molecule has 104 valence electrons. The first-order valence-corrected chi connectivity index (χ1v) is 7.28. The molecule has 0 radical (unpaired) electrons. The molecular formula is C16H21F2N. The van der Waals surface area contributed by atoms with Gasteiger partial charge in [0.05, 0.1) is 0 Å². The van der Waals surface area contributed by atoms with Crippen molar-refractivity contribution in [3.63, 3.8) is 0 Å². The van der Waals surface area contributed by atoms with E-state index in [1.165, 1.54) is 25.0 Å². The number of hydrogen-bond donors (Lipinski definition) is 0. The third-order valence-corrected chi connectivity index (χ3v) is 4.64. The standard InChI is InChI=1S/C16H21F2N/c1-10(2)13-7-8-19(12-4-5-12)16(13)11-3-6-14(17)15(18)9-11/h3,6,9-10,12-13,16H,4-5,7-8H2,1-2H3. The highest BCUT2D eigenvalue weighted by Gasteiger charge is 2.43. The first kappa shape index (κ1) is 13.0. The fraction of sp³-hybridized carbons (Fsp3) is 0.625. The van der Waals surface area contributed by atoms with Crippen molar-refractivity contribution < 1.29 is 8.78 Å². The van der Waals surface area contributed by atoms with Crippen LogP contribution in [0.1, 0.15) is 44.7 Å². The lowest BCUT2D eigenvalue weighted by Gasteiger charge is -2.30. The molecule has 2 aliphatic rings. The highest BCUT2D eigenvalue weighted by molar-refractivity contribution is 5.24. The van der Waals surface area contributed by atoms with Crippen molar-refractivity contribution in [3.8, 4) is 0 Å². The number of likely N-dealkylation sites (tertiary alicyclic amines) is 1. The second-order valence-electron chi connectivity index (χ2n) is 6.28. The summed E-state index contributed by atoms with van der Waals surface area (Å²) in [6.45, 7) is 5.55. The zero-order chi connectivity index (χ0) is 13.6. The van der Waals surface area contributed by atoms with Crippen molar-refractivity contribution in [3.05, 3.63) is 35.4 Å². The Labute approximate surface area is 113 Å². The predicted octanol–water partition coefficient (Wildman–Crippen LogP) is 4.15. The van der Waals surface area contributed by atoms with Gasteiger partial charge in [0.15, 0.2) is 11.6 Å². The number of hydrogen-bond acceptors (Lipinski definition) is 1. The molecule has 1 saturated heterocycles. The molecule has 1 nitrogen and oxygen atoms in total. The zero-order valence-electron chi connectivity index (χ0n) is 11.6. The smallest absolute Gasteiger partial charge is 0.159 e. The minimum atomic E-state index is -0.749. The van der Waals surface area contributed by atoms with Crippen LogP contribution in [0.25, 0.3) is 0 Å². The largest absolute Gasteiger partial charge is 0.293 e. The lowest BCUT2D eigenvalue weighted by molar-refractivity contribution is 0.195. The van der Waals surface area contributed by atoms with Gasteiger partial charge in [0, 0.05) is 12.1 Å². The summed E-state index contributed by atoms with van der Waals surface area (Å²) in [5.41, 5.74) is 0.946. The maximum absolute atomic E-state index is 13.5. The van der Waals surface area contributed by atoms with Crippen LogP contribution >= 0.6 is 0 Å². The molecule has 0 amide bonds. The molecule has 1 aliphatic heterocycles. The normalized spacial score (nSPS) is 28.3. The first-order chi connectivity index (χ1) is 9.08. The number of benzene rings is 1. The van der Waals surface area contributed by atoms with E-state index in [0.29, 0.717) is 17.9 Å². The highest BCUT2D eigenvalue weighted by Crippen LogP contribution is 2.46. The van der Waals surface area contributed by atoms with Gasteiger partial charge >= 0.3 is 0 Å². The van der Waals surface area contributed by atoms with Gasteiger partial charge in [-0.15, -0.1) is 0 Å². The van der Waals surface area contributed by atoms with Crippen LogP contribution in [0, 0.1) is 23.5 Å². The molecule has 3 rings (SSSR count). The molecule has 2 atom stereocenters. The van der Waals surface area contributed by atoms with E-state index >= 15 is 0 Å². The summed E-state index contributed by atoms with van der Waals surface area (Å²) >= 11 is 0. The fourth-order valence-corrected chi connectivity index (χ4v) is 3.49. The molecule has 0 spiro atoms. The minimum Gasteiger partial charge on any atom is -0.293 e. The average molecular weight is 265 g/mol. The Morgan fingerprint density at radius 3 is 2.42 bits per heavy atom. The molecule has 2 fully saturated rings. The van der Waals surface area contributed by atoms with Crippen LogP contribution in [0.15, 0.2) is 18.2 Å². The summed E-state index contributed by atoms with van der Waals surface area (Å²) in [5.74, 6) is -0.351. The maximum Gasteiger partial charge on any atom is 0.159 e. The third kappa shape index (κ3) is 2.40. The molecule has 3 heteroatoms. The summed E-state index contributed by atoms with van der Waals surface area (Å²) in [7, 11) is 0. The number of halogens is 2. The van der Waals surface area contributed by atoms with Gasteiger partial charge < -0.3 is 0 Å². The Bertz CT molecular complexity index is 458. The summed E-state index contributed by atoms with van der Waals surface area (Å²) in [5, 5.41) is 0. The quantitative estimate of drug-likeness (QED) is 0.793. The number of rotatable bonds is 3. The zero-order valence-corrected chi connectivity index (χ0v) is 11.6. The van der Waals surface area contributed by atoms with Crippen LogP contribution in [-0.2, 0) is 0 Å². The van der Waals surface area contributed by atoms with E-state index in [9.17, 15) is 8.78 Å². The van der Waals surface area contributed by atoms with E-state index in [1.807, 2.05) is 0 Å². The Kier molecular flexibility index (Phi) is 3.34. The lowest BCUT2D eigenvalue weighted by atomic mass is 9.85. The summed E-state index contributed by atoms with van der Waals surface area (Å²) in [6, 6.07) is 5.37. The van der Waals surface area contributed by atoms with E-state index in [-0.39, 0.29) is 6.04 Å². The molecule has 0 N–H and O–H groups in total. The molecule has 1 heterocycles. The van der Waals surface area contributed by atoms with Crippen molar-refractivity contribution in [1.82, 2.24) is 4.90 Å². The van der Waals surface area contributed by atoms with E-state index < -0.39 is 11.6 Å². The molecule has 1 aliphatic carbocycles. The second kappa shape index (κ2) is 4.86. The Hall–Kier alpha value is -0.960. The van der Waals surface area contributed by atoms with Crippen molar-refractivity contribution >= 4 is 0 Å². The van der Waals surface area contributed by atoms with Gasteiger partial charge in [0.1, 0.15) is 0 Å². The van der Waals surface area contributed by atoms with Gasteiger partial charge in [-0.3, -0.25) is 4.90 Å². The average Bonchev–Trinajstić information content (AvgIpc) is 3.11. The maximum atomic E-state index is 13.5. The predicted molar refractivity (Wildman–Crippen MR) is 71.8 cm³/mol. The van der Waals surface area contributed by atoms with Crippen molar-refractivity contribution in [2.75, 3.05) is 6.54 Å². The van der Waals surface area contributed by atoms with Crippen molar-refractivity contribution in [2.24, 2.45) is 11.8 Å². The van der Waals surface area contributed by atoms with Gasteiger partial charge in [-0.2, -0.15) is 0 Å². The molecule has 1 saturated carbocycles. The van der Waals surface area contributed by atoms with Crippen molar-refractivity contribution in [1.29, 1.82) is 0 Å². The summed E-state index contributed by atoms with van der Waals surface area (Å²) in [4.78, 5) is 2.51. The van der Waals surface area contributed by atoms with Gasteiger partial charge in [-0.05, 0) is 55.3 Å². The molecule has 0 aromatic heterocycles. The van der Waals surface area contributed by atoms with Crippen LogP contribution in [0.4, 0.5) is 8.78 Å². The van der Waals surface area contributed by atoms with Gasteiger partial charge in [0.25, 0.3) is 0 Å². The number of nitrogens with zero attached hydrogens (tertiary/aromatic N) is 1. The van der Waals surface area contributed by atoms with Crippen LogP contribution < -0.4 is 0 Å². The van der Waals surface area contributed by atoms with Gasteiger partial charge in [0.2, 0.25) is 0 Å². The lowest BCUT2D eigenvalue weighted by Crippen LogP contribution is -2.29. The van der Waals surface area contributed by atoms with E-state index in [1.54, 1.807) is 6.07 Å². The second-order valence-corrected chi connectivity index (χ2v) is 6.28. The SMILES string of the molecule is CC(C)C1CCN(C2CC2)C1c1ccc(F)c(F)c1. The fourth-order valence-electron chi connectivity index (χ4n) is 3.49.